The number of ether oxygens (including phenoxy) is 3. The smallest absolute Gasteiger partial charge is 0.231 e. The van der Waals surface area contributed by atoms with Crippen molar-refractivity contribution in [3.63, 3.8) is 0 Å². The molecule has 2 aromatic rings. The van der Waals surface area contributed by atoms with Crippen LogP contribution in [0.15, 0.2) is 30.9 Å². The molecule has 4 rings (SSSR count). The minimum Gasteiger partial charge on any atom is -0.493 e. The van der Waals surface area contributed by atoms with Gasteiger partial charge in [0.05, 0.1) is 13.2 Å². The molecular weight excluding hydrogens is 320 g/mol. The number of likely N-dealkylation sites (tertiary alicyclic amines) is 1. The maximum Gasteiger partial charge on any atom is 0.231 e. The van der Waals surface area contributed by atoms with Gasteiger partial charge in [-0.1, -0.05) is 6.42 Å². The van der Waals surface area contributed by atoms with Crippen molar-refractivity contribution in [1.29, 1.82) is 0 Å². The molecule has 0 aliphatic carbocycles. The molecule has 0 saturated carbocycles. The highest BCUT2D eigenvalue weighted by Crippen LogP contribution is 2.35. The summed E-state index contributed by atoms with van der Waals surface area (Å²) in [4.78, 5) is 6.60. The van der Waals surface area contributed by atoms with Crippen molar-refractivity contribution < 1.29 is 14.2 Å². The molecule has 0 bridgehead atoms. The first kappa shape index (κ1) is 16.2. The first-order valence-corrected chi connectivity index (χ1v) is 8.97. The first-order chi connectivity index (χ1) is 12.4. The minimum absolute atomic E-state index is 0.293. The third kappa shape index (κ3) is 4.04. The standard InChI is InChI=1S/C18H24N4O3/c1-2-7-21(15(4-1)11-22-13-19-12-20-22)8-3-9-23-16-5-6-17-18(10-16)25-14-24-17/h5-6,10,12-13,15H,1-4,7-9,11,14H2. The SMILES string of the molecule is c1ncn(CC2CCCCN2CCCOc2ccc3c(c2)OCO3)n1. The predicted octanol–water partition coefficient (Wildman–Crippen LogP) is 2.33. The molecule has 1 atom stereocenters. The lowest BCUT2D eigenvalue weighted by atomic mass is 10.0. The van der Waals surface area contributed by atoms with Crippen molar-refractivity contribution >= 4 is 0 Å². The summed E-state index contributed by atoms with van der Waals surface area (Å²) in [5.74, 6) is 2.39. The zero-order valence-electron chi connectivity index (χ0n) is 14.3. The van der Waals surface area contributed by atoms with Crippen LogP contribution in [0.4, 0.5) is 0 Å². The predicted molar refractivity (Wildman–Crippen MR) is 91.9 cm³/mol. The van der Waals surface area contributed by atoms with Gasteiger partial charge in [-0.2, -0.15) is 5.10 Å². The molecule has 2 aliphatic heterocycles. The summed E-state index contributed by atoms with van der Waals surface area (Å²) >= 11 is 0. The van der Waals surface area contributed by atoms with Crippen LogP contribution in [-0.2, 0) is 6.54 Å². The molecule has 2 aliphatic rings. The van der Waals surface area contributed by atoms with Crippen LogP contribution in [0.1, 0.15) is 25.7 Å². The van der Waals surface area contributed by atoms with E-state index in [1.54, 1.807) is 12.7 Å². The Bertz CT molecular complexity index is 677. The molecule has 7 heteroatoms. The highest BCUT2D eigenvalue weighted by molar-refractivity contribution is 5.46. The zero-order chi connectivity index (χ0) is 16.9. The van der Waals surface area contributed by atoms with E-state index in [9.17, 15) is 0 Å². The summed E-state index contributed by atoms with van der Waals surface area (Å²) in [7, 11) is 0. The highest BCUT2D eigenvalue weighted by Gasteiger charge is 2.22. The highest BCUT2D eigenvalue weighted by atomic mass is 16.7. The van der Waals surface area contributed by atoms with Crippen molar-refractivity contribution in [2.75, 3.05) is 26.5 Å². The number of benzene rings is 1. The van der Waals surface area contributed by atoms with Gasteiger partial charge in [-0.25, -0.2) is 4.98 Å². The molecule has 1 fully saturated rings. The lowest BCUT2D eigenvalue weighted by Gasteiger charge is -2.35. The Kier molecular flexibility index (Phi) is 5.01. The molecule has 3 heterocycles. The Morgan fingerprint density at radius 1 is 1.20 bits per heavy atom. The topological polar surface area (TPSA) is 61.6 Å². The monoisotopic (exact) mass is 344 g/mol. The summed E-state index contributed by atoms with van der Waals surface area (Å²) in [5, 5.41) is 4.24. The average molecular weight is 344 g/mol. The van der Waals surface area contributed by atoms with Crippen molar-refractivity contribution in [1.82, 2.24) is 19.7 Å². The summed E-state index contributed by atoms with van der Waals surface area (Å²) in [6, 6.07) is 6.27. The van der Waals surface area contributed by atoms with Crippen LogP contribution in [0.25, 0.3) is 0 Å². The van der Waals surface area contributed by atoms with E-state index in [4.69, 9.17) is 14.2 Å². The van der Waals surface area contributed by atoms with Gasteiger partial charge in [0.15, 0.2) is 11.5 Å². The maximum atomic E-state index is 5.87. The summed E-state index contributed by atoms with van der Waals surface area (Å²) in [6.45, 7) is 4.11. The quantitative estimate of drug-likeness (QED) is 0.719. The van der Waals surface area contributed by atoms with Gasteiger partial charge in [0, 0.05) is 18.7 Å². The second kappa shape index (κ2) is 7.74. The van der Waals surface area contributed by atoms with E-state index in [1.807, 2.05) is 22.9 Å². The summed E-state index contributed by atoms with van der Waals surface area (Å²) < 4.78 is 18.5. The van der Waals surface area contributed by atoms with Crippen LogP contribution < -0.4 is 14.2 Å². The Morgan fingerprint density at radius 3 is 3.08 bits per heavy atom. The van der Waals surface area contributed by atoms with Crippen LogP contribution in [0.5, 0.6) is 17.2 Å². The number of aromatic nitrogens is 3. The van der Waals surface area contributed by atoms with E-state index in [2.05, 4.69) is 15.0 Å². The Balaban J connectivity index is 1.24. The number of fused-ring (bicyclic) bond motifs is 1. The fraction of sp³-hybridized carbons (Fsp3) is 0.556. The fourth-order valence-electron chi connectivity index (χ4n) is 3.53. The first-order valence-electron chi connectivity index (χ1n) is 8.97. The van der Waals surface area contributed by atoms with Crippen molar-refractivity contribution in [3.05, 3.63) is 30.9 Å². The van der Waals surface area contributed by atoms with Gasteiger partial charge >= 0.3 is 0 Å². The third-order valence-corrected chi connectivity index (χ3v) is 4.82. The van der Waals surface area contributed by atoms with Gasteiger partial charge in [-0.3, -0.25) is 9.58 Å². The van der Waals surface area contributed by atoms with Crippen LogP contribution >= 0.6 is 0 Å². The van der Waals surface area contributed by atoms with E-state index in [1.165, 1.54) is 19.3 Å². The second-order valence-corrected chi connectivity index (χ2v) is 6.52. The lowest BCUT2D eigenvalue weighted by Crippen LogP contribution is -2.43. The average Bonchev–Trinajstić information content (AvgIpc) is 3.31. The molecule has 134 valence electrons. The Morgan fingerprint density at radius 2 is 2.16 bits per heavy atom. The van der Waals surface area contributed by atoms with Crippen molar-refractivity contribution in [2.24, 2.45) is 0 Å². The molecule has 1 aromatic carbocycles. The molecule has 0 radical (unpaired) electrons. The molecule has 1 saturated heterocycles. The molecular formula is C18H24N4O3. The van der Waals surface area contributed by atoms with E-state index in [-0.39, 0.29) is 0 Å². The lowest BCUT2D eigenvalue weighted by molar-refractivity contribution is 0.121. The fourth-order valence-corrected chi connectivity index (χ4v) is 3.53. The number of hydrogen-bond acceptors (Lipinski definition) is 6. The second-order valence-electron chi connectivity index (χ2n) is 6.52. The van der Waals surface area contributed by atoms with Gasteiger partial charge in [-0.05, 0) is 37.9 Å². The van der Waals surface area contributed by atoms with Gasteiger partial charge < -0.3 is 14.2 Å². The number of nitrogens with zero attached hydrogens (tertiary/aromatic N) is 4. The van der Waals surface area contributed by atoms with Gasteiger partial charge in [0.1, 0.15) is 18.4 Å². The minimum atomic E-state index is 0.293. The Hall–Kier alpha value is -2.28. The summed E-state index contributed by atoms with van der Waals surface area (Å²) in [5.41, 5.74) is 0. The third-order valence-electron chi connectivity index (χ3n) is 4.82. The van der Waals surface area contributed by atoms with E-state index in [0.717, 1.165) is 43.3 Å². The number of rotatable bonds is 7. The van der Waals surface area contributed by atoms with Crippen molar-refractivity contribution in [3.8, 4) is 17.2 Å². The summed E-state index contributed by atoms with van der Waals surface area (Å²) in [6.07, 6.45) is 8.20. The van der Waals surface area contributed by atoms with E-state index >= 15 is 0 Å². The van der Waals surface area contributed by atoms with Gasteiger partial charge in [0.2, 0.25) is 6.79 Å². The van der Waals surface area contributed by atoms with E-state index < -0.39 is 0 Å². The molecule has 0 amide bonds. The van der Waals surface area contributed by atoms with Gasteiger partial charge in [-0.15, -0.1) is 0 Å². The molecule has 0 spiro atoms. The van der Waals surface area contributed by atoms with Crippen LogP contribution in [0.2, 0.25) is 0 Å². The van der Waals surface area contributed by atoms with Crippen LogP contribution in [0, 0.1) is 0 Å². The van der Waals surface area contributed by atoms with E-state index in [0.29, 0.717) is 19.4 Å². The molecule has 25 heavy (non-hydrogen) atoms. The zero-order valence-corrected chi connectivity index (χ0v) is 14.3. The molecule has 1 unspecified atom stereocenters. The molecule has 0 N–H and O–H groups in total. The van der Waals surface area contributed by atoms with Crippen LogP contribution in [-0.4, -0.2) is 52.2 Å². The normalized spacial score (nSPS) is 19.9. The largest absolute Gasteiger partial charge is 0.493 e. The van der Waals surface area contributed by atoms with Crippen LogP contribution in [0.3, 0.4) is 0 Å². The Labute approximate surface area is 147 Å². The molecule has 7 nitrogen and oxygen atoms in total. The maximum absolute atomic E-state index is 5.87. The van der Waals surface area contributed by atoms with Gasteiger partial charge in [0.25, 0.3) is 0 Å². The molecule has 1 aromatic heterocycles. The van der Waals surface area contributed by atoms with Crippen molar-refractivity contribution in [2.45, 2.75) is 38.3 Å². The number of piperidine rings is 1. The number of hydrogen-bond donors (Lipinski definition) is 0.